The second kappa shape index (κ2) is 10.9. The standard InChI is InChI=1S/C14H36N2O2Si2/c1-17-19(3,4)13-7-9-15-11-12-16-10-8-14-20(5,6)18-2/h15-16H,7-14H2,1-6H3. The molecule has 0 aromatic heterocycles. The molecular formula is C14H36N2O2Si2. The van der Waals surface area contributed by atoms with Gasteiger partial charge >= 0.3 is 0 Å². The molecular weight excluding hydrogens is 284 g/mol. The molecule has 6 heteroatoms. The SMILES string of the molecule is CO[Si](C)(C)CCCNCCNCCC[Si](C)(C)OC. The first-order valence-corrected chi connectivity index (χ1v) is 14.1. The Labute approximate surface area is 128 Å². The third-order valence-electron chi connectivity index (χ3n) is 3.85. The summed E-state index contributed by atoms with van der Waals surface area (Å²) in [7, 11) is 0.992. The molecule has 0 saturated heterocycles. The quantitative estimate of drug-likeness (QED) is 0.404. The van der Waals surface area contributed by atoms with E-state index in [2.05, 4.69) is 36.8 Å². The van der Waals surface area contributed by atoms with Gasteiger partial charge in [0.1, 0.15) is 0 Å². The summed E-state index contributed by atoms with van der Waals surface area (Å²) in [4.78, 5) is 0. The second-order valence-electron chi connectivity index (χ2n) is 6.63. The molecule has 0 fully saturated rings. The monoisotopic (exact) mass is 320 g/mol. The third-order valence-corrected chi connectivity index (χ3v) is 9.17. The summed E-state index contributed by atoms with van der Waals surface area (Å²) < 4.78 is 11.1. The minimum Gasteiger partial charge on any atom is -0.420 e. The van der Waals surface area contributed by atoms with Crippen molar-refractivity contribution in [1.29, 1.82) is 0 Å². The molecule has 0 saturated carbocycles. The lowest BCUT2D eigenvalue weighted by atomic mass is 10.4. The van der Waals surface area contributed by atoms with Crippen molar-refractivity contribution >= 4 is 16.6 Å². The maximum absolute atomic E-state index is 5.54. The lowest BCUT2D eigenvalue weighted by molar-refractivity contribution is 0.400. The van der Waals surface area contributed by atoms with Gasteiger partial charge in [-0.1, -0.05) is 0 Å². The molecule has 0 aromatic rings. The fourth-order valence-electron chi connectivity index (χ4n) is 1.91. The highest BCUT2D eigenvalue weighted by atomic mass is 28.4. The summed E-state index contributed by atoms with van der Waals surface area (Å²) in [6, 6.07) is 2.47. The van der Waals surface area contributed by atoms with Crippen molar-refractivity contribution in [2.24, 2.45) is 0 Å². The molecule has 0 spiro atoms. The van der Waals surface area contributed by atoms with Gasteiger partial charge in [-0.3, -0.25) is 0 Å². The van der Waals surface area contributed by atoms with Crippen LogP contribution in [0.1, 0.15) is 12.8 Å². The second-order valence-corrected chi connectivity index (χ2v) is 15.5. The molecule has 2 N–H and O–H groups in total. The van der Waals surface area contributed by atoms with E-state index in [1.165, 1.54) is 24.9 Å². The minimum absolute atomic E-state index is 1.06. The highest BCUT2D eigenvalue weighted by Crippen LogP contribution is 2.12. The van der Waals surface area contributed by atoms with E-state index in [0.717, 1.165) is 26.2 Å². The summed E-state index contributed by atoms with van der Waals surface area (Å²) in [5.74, 6) is 0. The van der Waals surface area contributed by atoms with Gasteiger partial charge in [-0.15, -0.1) is 0 Å². The van der Waals surface area contributed by atoms with Gasteiger partial charge < -0.3 is 19.5 Å². The third kappa shape index (κ3) is 12.0. The first kappa shape index (κ1) is 20.3. The van der Waals surface area contributed by atoms with Gasteiger partial charge in [0.05, 0.1) is 0 Å². The Morgan fingerprint density at radius 3 is 1.30 bits per heavy atom. The summed E-state index contributed by atoms with van der Waals surface area (Å²) in [6.45, 7) is 13.4. The predicted octanol–water partition coefficient (Wildman–Crippen LogP) is 2.65. The zero-order chi connectivity index (χ0) is 15.5. The Bertz CT molecular complexity index is 215. The molecule has 0 aliphatic heterocycles. The number of rotatable bonds is 13. The maximum atomic E-state index is 5.54. The largest absolute Gasteiger partial charge is 0.420 e. The van der Waals surface area contributed by atoms with Crippen molar-refractivity contribution in [2.75, 3.05) is 40.4 Å². The Balaban J connectivity index is 3.26. The number of nitrogens with one attached hydrogen (secondary N) is 2. The molecule has 0 bridgehead atoms. The Kier molecular flexibility index (Phi) is 11.1. The highest BCUT2D eigenvalue weighted by molar-refractivity contribution is 6.71. The van der Waals surface area contributed by atoms with Crippen LogP contribution >= 0.6 is 0 Å². The molecule has 4 nitrogen and oxygen atoms in total. The van der Waals surface area contributed by atoms with Crippen molar-refractivity contribution in [3.8, 4) is 0 Å². The lowest BCUT2D eigenvalue weighted by Gasteiger charge is -2.20. The fraction of sp³-hybridized carbons (Fsp3) is 1.00. The van der Waals surface area contributed by atoms with Crippen LogP contribution in [0.4, 0.5) is 0 Å². The van der Waals surface area contributed by atoms with E-state index in [4.69, 9.17) is 8.85 Å². The van der Waals surface area contributed by atoms with Crippen LogP contribution in [0.2, 0.25) is 38.3 Å². The van der Waals surface area contributed by atoms with Crippen LogP contribution in [0.25, 0.3) is 0 Å². The Morgan fingerprint density at radius 1 is 0.650 bits per heavy atom. The lowest BCUT2D eigenvalue weighted by Crippen LogP contribution is -2.33. The van der Waals surface area contributed by atoms with Gasteiger partial charge in [-0.05, 0) is 64.2 Å². The molecule has 0 amide bonds. The van der Waals surface area contributed by atoms with Gasteiger partial charge in [0, 0.05) is 27.3 Å². The molecule has 122 valence electrons. The van der Waals surface area contributed by atoms with Crippen LogP contribution in [0.3, 0.4) is 0 Å². The van der Waals surface area contributed by atoms with E-state index >= 15 is 0 Å². The summed E-state index contributed by atoms with van der Waals surface area (Å²) >= 11 is 0. The van der Waals surface area contributed by atoms with Gasteiger partial charge in [0.15, 0.2) is 16.6 Å². The van der Waals surface area contributed by atoms with E-state index in [1.807, 2.05) is 14.2 Å². The van der Waals surface area contributed by atoms with Crippen LogP contribution in [0.15, 0.2) is 0 Å². The average molecular weight is 321 g/mol. The maximum Gasteiger partial charge on any atom is 0.186 e. The van der Waals surface area contributed by atoms with E-state index in [1.54, 1.807) is 0 Å². The molecule has 0 heterocycles. The van der Waals surface area contributed by atoms with E-state index < -0.39 is 16.6 Å². The highest BCUT2D eigenvalue weighted by Gasteiger charge is 2.19. The van der Waals surface area contributed by atoms with Gasteiger partial charge in [-0.2, -0.15) is 0 Å². The minimum atomic E-state index is -1.35. The molecule has 0 aliphatic carbocycles. The van der Waals surface area contributed by atoms with Crippen LogP contribution in [0, 0.1) is 0 Å². The van der Waals surface area contributed by atoms with Crippen molar-refractivity contribution in [2.45, 2.75) is 51.1 Å². The van der Waals surface area contributed by atoms with Crippen LogP contribution in [-0.4, -0.2) is 57.0 Å². The van der Waals surface area contributed by atoms with Crippen molar-refractivity contribution in [3.63, 3.8) is 0 Å². The molecule has 0 unspecified atom stereocenters. The molecule has 0 rings (SSSR count). The first-order chi connectivity index (χ1) is 9.33. The van der Waals surface area contributed by atoms with Gasteiger partial charge in [0.25, 0.3) is 0 Å². The first-order valence-electron chi connectivity index (χ1n) is 7.85. The number of hydrogen-bond donors (Lipinski definition) is 2. The predicted molar refractivity (Wildman–Crippen MR) is 93.6 cm³/mol. The summed E-state index contributed by atoms with van der Waals surface area (Å²) in [6.07, 6.45) is 2.45. The average Bonchev–Trinajstić information content (AvgIpc) is 2.41. The van der Waals surface area contributed by atoms with Gasteiger partial charge in [0.2, 0.25) is 0 Å². The van der Waals surface area contributed by atoms with Crippen molar-refractivity contribution in [3.05, 3.63) is 0 Å². The van der Waals surface area contributed by atoms with Crippen LogP contribution in [-0.2, 0) is 8.85 Å². The molecule has 0 radical (unpaired) electrons. The summed E-state index contributed by atoms with van der Waals surface area (Å²) in [5, 5.41) is 6.98. The Hall–Kier alpha value is 0.274. The van der Waals surface area contributed by atoms with Crippen LogP contribution in [0.5, 0.6) is 0 Å². The van der Waals surface area contributed by atoms with Crippen LogP contribution < -0.4 is 10.6 Å². The molecule has 0 aromatic carbocycles. The smallest absolute Gasteiger partial charge is 0.186 e. The normalized spacial score (nSPS) is 12.9. The molecule has 0 aliphatic rings. The zero-order valence-corrected chi connectivity index (χ0v) is 16.5. The number of hydrogen-bond acceptors (Lipinski definition) is 4. The van der Waals surface area contributed by atoms with E-state index in [-0.39, 0.29) is 0 Å². The van der Waals surface area contributed by atoms with E-state index in [0.29, 0.717) is 0 Å². The van der Waals surface area contributed by atoms with E-state index in [9.17, 15) is 0 Å². The van der Waals surface area contributed by atoms with Gasteiger partial charge in [-0.25, -0.2) is 0 Å². The molecule has 20 heavy (non-hydrogen) atoms. The fourth-order valence-corrected chi connectivity index (χ4v) is 4.37. The zero-order valence-electron chi connectivity index (χ0n) is 14.5. The molecule has 0 atom stereocenters. The summed E-state index contributed by atoms with van der Waals surface area (Å²) in [5.41, 5.74) is 0. The van der Waals surface area contributed by atoms with Crippen molar-refractivity contribution in [1.82, 2.24) is 10.6 Å². The topological polar surface area (TPSA) is 42.5 Å². The van der Waals surface area contributed by atoms with Crippen molar-refractivity contribution < 1.29 is 8.85 Å². The Morgan fingerprint density at radius 2 is 1.00 bits per heavy atom.